The van der Waals surface area contributed by atoms with E-state index in [4.69, 9.17) is 0 Å². The second-order valence-electron chi connectivity index (χ2n) is 7.43. The fraction of sp³-hybridized carbons (Fsp3) is 0.333. The van der Waals surface area contributed by atoms with Crippen LogP contribution in [0.15, 0.2) is 65.7 Å². The lowest BCUT2D eigenvalue weighted by atomic mass is 10.1. The quantitative estimate of drug-likeness (QED) is 0.867. The van der Waals surface area contributed by atoms with E-state index >= 15 is 0 Å². The summed E-state index contributed by atoms with van der Waals surface area (Å²) in [5.74, 6) is 0.671. The minimum Gasteiger partial charge on any atom is -0.297 e. The molecule has 1 heterocycles. The molecule has 0 aromatic heterocycles. The fourth-order valence-corrected chi connectivity index (χ4v) is 3.05. The molecule has 2 amide bonds. The van der Waals surface area contributed by atoms with Crippen molar-refractivity contribution >= 4 is 11.9 Å². The van der Waals surface area contributed by atoms with Crippen molar-refractivity contribution in [3.05, 3.63) is 71.8 Å². The molecular weight excluding hydrogens is 324 g/mol. The summed E-state index contributed by atoms with van der Waals surface area (Å²) < 4.78 is 0. The monoisotopic (exact) mass is 350 g/mol. The Bertz CT molecular complexity index is 766. The Morgan fingerprint density at radius 1 is 1.00 bits per heavy atom. The number of amides is 2. The van der Waals surface area contributed by atoms with Gasteiger partial charge in [0.05, 0.1) is 6.54 Å². The molecule has 26 heavy (non-hydrogen) atoms. The number of carbonyl (C=O) groups is 1. The summed E-state index contributed by atoms with van der Waals surface area (Å²) in [4.78, 5) is 19.1. The van der Waals surface area contributed by atoms with E-state index in [2.05, 4.69) is 27.8 Å². The van der Waals surface area contributed by atoms with E-state index in [-0.39, 0.29) is 17.7 Å². The van der Waals surface area contributed by atoms with Crippen LogP contribution in [0.4, 0.5) is 4.79 Å². The van der Waals surface area contributed by atoms with Gasteiger partial charge in [-0.2, -0.15) is 0 Å². The zero-order valence-corrected chi connectivity index (χ0v) is 15.6. The SMILES string of the molecule is CC(C)(C)N1C(=O)NC(=NCc2ccccc2)[C@H]1NCc1ccccc1. The largest absolute Gasteiger partial charge is 0.324 e. The van der Waals surface area contributed by atoms with E-state index in [9.17, 15) is 4.79 Å². The van der Waals surface area contributed by atoms with Crippen molar-refractivity contribution in [1.82, 2.24) is 15.5 Å². The van der Waals surface area contributed by atoms with Gasteiger partial charge in [-0.15, -0.1) is 0 Å². The van der Waals surface area contributed by atoms with E-state index in [0.717, 1.165) is 5.56 Å². The number of nitrogens with one attached hydrogen (secondary N) is 2. The van der Waals surface area contributed by atoms with Crippen LogP contribution in [0.2, 0.25) is 0 Å². The molecule has 1 aliphatic heterocycles. The number of rotatable bonds is 5. The molecule has 2 N–H and O–H groups in total. The second-order valence-corrected chi connectivity index (χ2v) is 7.43. The molecule has 0 unspecified atom stereocenters. The van der Waals surface area contributed by atoms with Gasteiger partial charge in [-0.05, 0) is 31.9 Å². The van der Waals surface area contributed by atoms with Crippen molar-refractivity contribution in [2.75, 3.05) is 0 Å². The first kappa shape index (κ1) is 18.1. The first-order chi connectivity index (χ1) is 12.4. The molecule has 0 radical (unpaired) electrons. The Kier molecular flexibility index (Phi) is 5.38. The third-order valence-corrected chi connectivity index (χ3v) is 4.31. The molecule has 0 aliphatic carbocycles. The lowest BCUT2D eigenvalue weighted by Gasteiger charge is -2.35. The van der Waals surface area contributed by atoms with Crippen LogP contribution in [-0.2, 0) is 13.1 Å². The summed E-state index contributed by atoms with van der Waals surface area (Å²) in [6.07, 6.45) is -0.272. The Balaban J connectivity index is 1.80. The maximum absolute atomic E-state index is 12.6. The van der Waals surface area contributed by atoms with E-state index in [1.165, 1.54) is 5.56 Å². The average Bonchev–Trinajstić information content (AvgIpc) is 2.95. The summed E-state index contributed by atoms with van der Waals surface area (Å²) >= 11 is 0. The molecule has 3 rings (SSSR count). The highest BCUT2D eigenvalue weighted by atomic mass is 16.2. The van der Waals surface area contributed by atoms with Crippen LogP contribution in [0.25, 0.3) is 0 Å². The number of hydrogen-bond acceptors (Lipinski definition) is 3. The summed E-state index contributed by atoms with van der Waals surface area (Å²) in [6, 6.07) is 20.1. The van der Waals surface area contributed by atoms with Gasteiger partial charge in [-0.1, -0.05) is 60.7 Å². The first-order valence-corrected chi connectivity index (χ1v) is 8.91. The first-order valence-electron chi connectivity index (χ1n) is 8.91. The molecule has 1 saturated heterocycles. The van der Waals surface area contributed by atoms with Crippen LogP contribution in [0.3, 0.4) is 0 Å². The second kappa shape index (κ2) is 7.70. The summed E-state index contributed by atoms with van der Waals surface area (Å²) in [7, 11) is 0. The number of aliphatic imine (C=N–C) groups is 1. The highest BCUT2D eigenvalue weighted by Gasteiger charge is 2.42. The minimum atomic E-state index is -0.317. The number of hydrogen-bond donors (Lipinski definition) is 2. The lowest BCUT2D eigenvalue weighted by molar-refractivity contribution is 0.135. The average molecular weight is 350 g/mol. The Morgan fingerprint density at radius 2 is 1.58 bits per heavy atom. The number of carbonyl (C=O) groups excluding carboxylic acids is 1. The normalized spacial score (nSPS) is 19.0. The molecule has 5 nitrogen and oxygen atoms in total. The summed E-state index contributed by atoms with van der Waals surface area (Å²) in [5.41, 5.74) is 1.97. The Hall–Kier alpha value is -2.66. The van der Waals surface area contributed by atoms with E-state index in [1.54, 1.807) is 0 Å². The highest BCUT2D eigenvalue weighted by Crippen LogP contribution is 2.21. The van der Waals surface area contributed by atoms with Crippen LogP contribution in [-0.4, -0.2) is 28.5 Å². The predicted molar refractivity (Wildman–Crippen MR) is 105 cm³/mol. The van der Waals surface area contributed by atoms with E-state index < -0.39 is 0 Å². The van der Waals surface area contributed by atoms with E-state index in [1.807, 2.05) is 74.2 Å². The van der Waals surface area contributed by atoms with Gasteiger partial charge in [0.2, 0.25) is 0 Å². The number of amidine groups is 1. The van der Waals surface area contributed by atoms with Crippen molar-refractivity contribution in [3.63, 3.8) is 0 Å². The van der Waals surface area contributed by atoms with Crippen LogP contribution in [0.1, 0.15) is 31.9 Å². The van der Waals surface area contributed by atoms with Gasteiger partial charge in [-0.3, -0.25) is 20.5 Å². The van der Waals surface area contributed by atoms with Crippen molar-refractivity contribution in [1.29, 1.82) is 0 Å². The maximum atomic E-state index is 12.6. The molecule has 0 spiro atoms. The zero-order chi connectivity index (χ0) is 18.6. The van der Waals surface area contributed by atoms with Gasteiger partial charge in [0.15, 0.2) is 0 Å². The molecular formula is C21H26N4O. The van der Waals surface area contributed by atoms with Gasteiger partial charge < -0.3 is 0 Å². The Morgan fingerprint density at radius 3 is 2.15 bits per heavy atom. The molecule has 1 atom stereocenters. The van der Waals surface area contributed by atoms with Crippen LogP contribution in [0, 0.1) is 0 Å². The smallest absolute Gasteiger partial charge is 0.297 e. The Labute approximate surface area is 155 Å². The predicted octanol–water partition coefficient (Wildman–Crippen LogP) is 3.52. The molecule has 0 saturated carbocycles. The van der Waals surface area contributed by atoms with Gasteiger partial charge in [0, 0.05) is 12.1 Å². The zero-order valence-electron chi connectivity index (χ0n) is 15.6. The summed E-state index contributed by atoms with van der Waals surface area (Å²) in [5, 5.41) is 6.42. The fourth-order valence-electron chi connectivity index (χ4n) is 3.05. The molecule has 1 fully saturated rings. The standard InChI is InChI=1S/C21H26N4O/c1-21(2,3)25-19(23-15-17-12-8-5-9-13-17)18(24-20(25)26)22-14-16-10-6-4-7-11-16/h4-13,19,23H,14-15H2,1-3H3,(H,22,24,26)/t19-/m0/s1. The maximum Gasteiger partial charge on any atom is 0.324 e. The number of urea groups is 1. The van der Waals surface area contributed by atoms with E-state index in [0.29, 0.717) is 18.9 Å². The molecule has 1 aliphatic rings. The summed E-state index contributed by atoms with van der Waals surface area (Å²) in [6.45, 7) is 7.30. The van der Waals surface area contributed by atoms with Gasteiger partial charge in [-0.25, -0.2) is 4.79 Å². The molecule has 2 aromatic rings. The molecule has 0 bridgehead atoms. The van der Waals surface area contributed by atoms with Crippen molar-refractivity contribution in [3.8, 4) is 0 Å². The van der Waals surface area contributed by atoms with Crippen molar-refractivity contribution in [2.45, 2.75) is 45.6 Å². The minimum absolute atomic E-state index is 0.116. The van der Waals surface area contributed by atoms with Gasteiger partial charge in [0.1, 0.15) is 12.0 Å². The molecule has 136 valence electrons. The van der Waals surface area contributed by atoms with Gasteiger partial charge >= 0.3 is 6.03 Å². The van der Waals surface area contributed by atoms with Crippen LogP contribution < -0.4 is 10.6 Å². The highest BCUT2D eigenvalue weighted by molar-refractivity contribution is 6.07. The lowest BCUT2D eigenvalue weighted by Crippen LogP contribution is -2.54. The van der Waals surface area contributed by atoms with Crippen LogP contribution >= 0.6 is 0 Å². The molecule has 5 heteroatoms. The van der Waals surface area contributed by atoms with Crippen LogP contribution in [0.5, 0.6) is 0 Å². The third kappa shape index (κ3) is 4.29. The number of nitrogens with zero attached hydrogens (tertiary/aromatic N) is 2. The molecule has 2 aromatic carbocycles. The third-order valence-electron chi connectivity index (χ3n) is 4.31. The van der Waals surface area contributed by atoms with Crippen molar-refractivity contribution < 1.29 is 4.79 Å². The topological polar surface area (TPSA) is 56.7 Å². The van der Waals surface area contributed by atoms with Crippen molar-refractivity contribution in [2.24, 2.45) is 4.99 Å². The van der Waals surface area contributed by atoms with Gasteiger partial charge in [0.25, 0.3) is 0 Å². The number of benzene rings is 2.